The molecule has 0 bridgehead atoms. The molecule has 0 amide bonds. The molecule has 238 valence electrons. The molecule has 0 saturated carbocycles. The lowest BCUT2D eigenvalue weighted by atomic mass is 9.98. The van der Waals surface area contributed by atoms with Crippen LogP contribution in [0, 0.1) is 0 Å². The lowest BCUT2D eigenvalue weighted by Gasteiger charge is -2.46. The van der Waals surface area contributed by atoms with Crippen molar-refractivity contribution in [3.63, 3.8) is 0 Å². The highest BCUT2D eigenvalue weighted by Gasteiger charge is 2.50. The minimum atomic E-state index is -1.71. The summed E-state index contributed by atoms with van der Waals surface area (Å²) in [5, 5.41) is 0. The molecule has 1 aliphatic rings. The molecule has 4 aromatic carbocycles. The smallest absolute Gasteiger partial charge is 0.334 e. The number of hydrogen-bond donors (Lipinski definition) is 0. The molecule has 0 aromatic heterocycles. The molecular weight excluding hydrogens is 591 g/mol. The summed E-state index contributed by atoms with van der Waals surface area (Å²) >= 11 is 0. The fraction of sp³-hybridized carbons (Fsp3) is 0.333. The number of benzene rings is 4. The minimum absolute atomic E-state index is 0.239. The van der Waals surface area contributed by atoms with Gasteiger partial charge in [0, 0.05) is 14.2 Å². The molecule has 5 rings (SSSR count). The Morgan fingerprint density at radius 3 is 1.36 bits per heavy atom. The summed E-state index contributed by atoms with van der Waals surface area (Å²) in [6.07, 6.45) is -3.27. The van der Waals surface area contributed by atoms with Crippen molar-refractivity contribution in [2.45, 2.75) is 57.1 Å². The van der Waals surface area contributed by atoms with Crippen molar-refractivity contribution >= 4 is 8.60 Å². The Labute approximate surface area is 267 Å². The van der Waals surface area contributed by atoms with Crippen LogP contribution in [0.3, 0.4) is 0 Å². The fourth-order valence-corrected chi connectivity index (χ4v) is 5.74. The van der Waals surface area contributed by atoms with Crippen LogP contribution < -0.4 is 0 Å². The van der Waals surface area contributed by atoms with Gasteiger partial charge in [0.1, 0.15) is 24.4 Å². The normalized spacial score (nSPS) is 21.6. The molecule has 1 aliphatic heterocycles. The second-order valence-corrected chi connectivity index (χ2v) is 11.9. The molecule has 1 heterocycles. The molecule has 8 nitrogen and oxygen atoms in total. The standard InChI is InChI=1S/C36H41O8P/c1-37-45(38-2)44-36-35(42-26-31-21-13-6-14-22-31)34(41-25-30-19-11-5-12-20-30)33(40-24-29-17-9-4-10-18-29)32(43-36)27-39-23-28-15-7-3-8-16-28/h3-22,32-36H,23-27H2,1-2H3/t32-,33-,34+,35-,36?/m1/s1. The van der Waals surface area contributed by atoms with Crippen molar-refractivity contribution in [2.75, 3.05) is 20.8 Å². The van der Waals surface area contributed by atoms with Gasteiger partial charge in [0.2, 0.25) is 0 Å². The highest BCUT2D eigenvalue weighted by atomic mass is 31.2. The van der Waals surface area contributed by atoms with E-state index in [-0.39, 0.29) is 6.61 Å². The lowest BCUT2D eigenvalue weighted by Crippen LogP contribution is -2.61. The van der Waals surface area contributed by atoms with E-state index >= 15 is 0 Å². The Morgan fingerprint density at radius 2 is 0.911 bits per heavy atom. The summed E-state index contributed by atoms with van der Waals surface area (Å²) in [6, 6.07) is 40.1. The van der Waals surface area contributed by atoms with Crippen molar-refractivity contribution in [3.05, 3.63) is 144 Å². The number of ether oxygens (including phenoxy) is 5. The summed E-state index contributed by atoms with van der Waals surface area (Å²) in [7, 11) is 1.36. The van der Waals surface area contributed by atoms with Crippen LogP contribution in [0.4, 0.5) is 0 Å². The van der Waals surface area contributed by atoms with Crippen LogP contribution >= 0.6 is 8.60 Å². The van der Waals surface area contributed by atoms with Gasteiger partial charge in [-0.15, -0.1) is 0 Å². The van der Waals surface area contributed by atoms with Gasteiger partial charge in [0.15, 0.2) is 6.29 Å². The highest BCUT2D eigenvalue weighted by molar-refractivity contribution is 7.41. The Morgan fingerprint density at radius 1 is 0.511 bits per heavy atom. The third kappa shape index (κ3) is 10.2. The third-order valence-electron chi connectivity index (χ3n) is 7.33. The summed E-state index contributed by atoms with van der Waals surface area (Å²) < 4.78 is 50.0. The van der Waals surface area contributed by atoms with E-state index in [0.29, 0.717) is 26.4 Å². The van der Waals surface area contributed by atoms with Crippen molar-refractivity contribution in [1.82, 2.24) is 0 Å². The van der Waals surface area contributed by atoms with E-state index in [0.717, 1.165) is 22.3 Å². The third-order valence-corrected chi connectivity index (χ3v) is 8.30. The minimum Gasteiger partial charge on any atom is -0.374 e. The van der Waals surface area contributed by atoms with Crippen LogP contribution in [-0.2, 0) is 63.7 Å². The van der Waals surface area contributed by atoms with Crippen molar-refractivity contribution < 1.29 is 37.3 Å². The first-order chi connectivity index (χ1) is 22.2. The van der Waals surface area contributed by atoms with Gasteiger partial charge < -0.3 is 32.7 Å². The van der Waals surface area contributed by atoms with Crippen LogP contribution in [0.25, 0.3) is 0 Å². The predicted molar refractivity (Wildman–Crippen MR) is 172 cm³/mol. The van der Waals surface area contributed by atoms with E-state index in [9.17, 15) is 0 Å². The SMILES string of the molecule is COP(OC)OC1O[C@H](COCc2ccccc2)[C@@H](OCc2ccccc2)[C@H](OCc2ccccc2)[C@H]1OCc1ccccc1. The van der Waals surface area contributed by atoms with Crippen LogP contribution in [0.15, 0.2) is 121 Å². The second-order valence-electron chi connectivity index (χ2n) is 10.5. The van der Waals surface area contributed by atoms with Gasteiger partial charge in [0.05, 0.1) is 33.0 Å². The maximum Gasteiger partial charge on any atom is 0.334 e. The average Bonchev–Trinajstić information content (AvgIpc) is 3.10. The Kier molecular flexibility index (Phi) is 13.5. The van der Waals surface area contributed by atoms with Gasteiger partial charge >= 0.3 is 8.60 Å². The van der Waals surface area contributed by atoms with Gasteiger partial charge in [-0.3, -0.25) is 4.52 Å². The van der Waals surface area contributed by atoms with Crippen LogP contribution in [0.2, 0.25) is 0 Å². The molecule has 0 radical (unpaired) electrons. The first-order valence-corrected chi connectivity index (χ1v) is 16.1. The molecular formula is C36H41O8P. The second kappa shape index (κ2) is 18.2. The van der Waals surface area contributed by atoms with E-state index in [4.69, 9.17) is 37.3 Å². The number of rotatable bonds is 17. The van der Waals surface area contributed by atoms with Crippen molar-refractivity contribution in [3.8, 4) is 0 Å². The van der Waals surface area contributed by atoms with Crippen LogP contribution in [0.5, 0.6) is 0 Å². The van der Waals surface area contributed by atoms with Crippen LogP contribution in [-0.4, -0.2) is 51.5 Å². The first-order valence-electron chi connectivity index (χ1n) is 15.0. The molecule has 0 spiro atoms. The molecule has 1 unspecified atom stereocenters. The molecule has 9 heteroatoms. The van der Waals surface area contributed by atoms with Gasteiger partial charge in [0.25, 0.3) is 0 Å². The van der Waals surface area contributed by atoms with Gasteiger partial charge in [-0.05, 0) is 22.3 Å². The summed E-state index contributed by atoms with van der Waals surface area (Å²) in [6.45, 7) is 1.68. The monoisotopic (exact) mass is 632 g/mol. The summed E-state index contributed by atoms with van der Waals surface area (Å²) in [4.78, 5) is 0. The van der Waals surface area contributed by atoms with E-state index in [1.165, 1.54) is 14.2 Å². The zero-order valence-corrected chi connectivity index (χ0v) is 26.6. The lowest BCUT2D eigenvalue weighted by molar-refractivity contribution is -0.311. The Hall–Kier alpha value is -3.01. The fourth-order valence-electron chi connectivity index (χ4n) is 5.08. The summed E-state index contributed by atoms with van der Waals surface area (Å²) in [5.41, 5.74) is 4.13. The molecule has 0 N–H and O–H groups in total. The van der Waals surface area contributed by atoms with Crippen molar-refractivity contribution in [2.24, 2.45) is 0 Å². The van der Waals surface area contributed by atoms with E-state index in [2.05, 4.69) is 0 Å². The highest BCUT2D eigenvalue weighted by Crippen LogP contribution is 2.43. The van der Waals surface area contributed by atoms with Crippen molar-refractivity contribution in [1.29, 1.82) is 0 Å². The maximum absolute atomic E-state index is 6.71. The van der Waals surface area contributed by atoms with Crippen LogP contribution in [0.1, 0.15) is 22.3 Å². The first kappa shape index (κ1) is 33.4. The molecule has 0 aliphatic carbocycles. The quantitative estimate of drug-likeness (QED) is 0.113. The average molecular weight is 633 g/mol. The van der Waals surface area contributed by atoms with Gasteiger partial charge in [-0.2, -0.15) is 0 Å². The molecule has 4 aromatic rings. The molecule has 1 fully saturated rings. The van der Waals surface area contributed by atoms with Gasteiger partial charge in [-0.1, -0.05) is 121 Å². The Balaban J connectivity index is 1.44. The molecule has 1 saturated heterocycles. The summed E-state index contributed by atoms with van der Waals surface area (Å²) in [5.74, 6) is 0. The zero-order valence-electron chi connectivity index (χ0n) is 25.7. The zero-order chi connectivity index (χ0) is 31.1. The predicted octanol–water partition coefficient (Wildman–Crippen LogP) is 7.22. The van der Waals surface area contributed by atoms with E-state index in [1.54, 1.807) is 0 Å². The topological polar surface area (TPSA) is 73.8 Å². The van der Waals surface area contributed by atoms with Gasteiger partial charge in [-0.25, -0.2) is 0 Å². The Bertz CT molecular complexity index is 1340. The van der Waals surface area contributed by atoms with E-state index in [1.807, 2.05) is 121 Å². The maximum atomic E-state index is 6.71. The molecule has 45 heavy (non-hydrogen) atoms. The number of hydrogen-bond acceptors (Lipinski definition) is 8. The van der Waals surface area contributed by atoms with E-state index < -0.39 is 39.3 Å². The molecule has 5 atom stereocenters. The largest absolute Gasteiger partial charge is 0.374 e.